The van der Waals surface area contributed by atoms with E-state index >= 15 is 0 Å². The van der Waals surface area contributed by atoms with Crippen LogP contribution in [0.2, 0.25) is 0 Å². The molecule has 21 heavy (non-hydrogen) atoms. The van der Waals surface area contributed by atoms with E-state index in [1.807, 2.05) is 0 Å². The predicted octanol–water partition coefficient (Wildman–Crippen LogP) is 1.16. The second-order valence-corrected chi connectivity index (χ2v) is 4.16. The number of carboxylic acids is 1. The third kappa shape index (κ3) is 8.01. The Morgan fingerprint density at radius 1 is 1.05 bits per heavy atom. The minimum Gasteiger partial charge on any atom is -0.497 e. The van der Waals surface area contributed by atoms with Crippen molar-refractivity contribution < 1.29 is 28.8 Å². The number of anilines is 1. The molecule has 0 aliphatic carbocycles. The van der Waals surface area contributed by atoms with Crippen molar-refractivity contribution in [3.63, 3.8) is 0 Å². The molecule has 0 aromatic heterocycles. The van der Waals surface area contributed by atoms with Crippen molar-refractivity contribution in [2.45, 2.75) is 6.42 Å². The molecule has 0 fully saturated rings. The lowest BCUT2D eigenvalue weighted by molar-refractivity contribution is -0.138. The van der Waals surface area contributed by atoms with Gasteiger partial charge >= 0.3 is 5.97 Å². The van der Waals surface area contributed by atoms with E-state index in [2.05, 4.69) is 0 Å². The summed E-state index contributed by atoms with van der Waals surface area (Å²) in [5.74, 6) is 0.382. The van der Waals surface area contributed by atoms with Crippen molar-refractivity contribution in [2.75, 3.05) is 45.9 Å². The molecule has 7 heteroatoms. The number of hydrogen-bond acceptors (Lipinski definition) is 6. The van der Waals surface area contributed by atoms with Crippen LogP contribution < -0.4 is 15.2 Å². The van der Waals surface area contributed by atoms with Crippen LogP contribution in [0, 0.1) is 0 Å². The SMILES string of the molecule is COc1cc(N)cc(OCCOCCOCCC(=O)O)c1. The zero-order valence-corrected chi connectivity index (χ0v) is 12.0. The Bertz CT molecular complexity index is 437. The smallest absolute Gasteiger partial charge is 0.305 e. The van der Waals surface area contributed by atoms with Gasteiger partial charge in [-0.05, 0) is 0 Å². The molecule has 0 atom stereocenters. The first-order valence-electron chi connectivity index (χ1n) is 6.56. The maximum atomic E-state index is 10.2. The van der Waals surface area contributed by atoms with E-state index in [9.17, 15) is 4.79 Å². The van der Waals surface area contributed by atoms with E-state index in [0.29, 0.717) is 43.6 Å². The van der Waals surface area contributed by atoms with Crippen molar-refractivity contribution >= 4 is 11.7 Å². The first-order valence-corrected chi connectivity index (χ1v) is 6.56. The molecule has 1 aromatic rings. The quantitative estimate of drug-likeness (QED) is 0.467. The topological polar surface area (TPSA) is 100 Å². The van der Waals surface area contributed by atoms with Crippen LogP contribution in [0.5, 0.6) is 11.5 Å². The van der Waals surface area contributed by atoms with Crippen LogP contribution in [0.3, 0.4) is 0 Å². The van der Waals surface area contributed by atoms with Crippen molar-refractivity contribution in [1.29, 1.82) is 0 Å². The Labute approximate surface area is 123 Å². The average Bonchev–Trinajstić information content (AvgIpc) is 2.44. The number of aliphatic carboxylic acids is 1. The highest BCUT2D eigenvalue weighted by Crippen LogP contribution is 2.23. The molecule has 0 aliphatic heterocycles. The summed E-state index contributed by atoms with van der Waals surface area (Å²) in [5, 5.41) is 8.41. The maximum Gasteiger partial charge on any atom is 0.305 e. The molecule has 0 saturated heterocycles. The third-order valence-electron chi connectivity index (χ3n) is 2.47. The van der Waals surface area contributed by atoms with E-state index in [1.54, 1.807) is 25.3 Å². The van der Waals surface area contributed by atoms with Gasteiger partial charge in [-0.2, -0.15) is 0 Å². The number of benzene rings is 1. The monoisotopic (exact) mass is 299 g/mol. The summed E-state index contributed by atoms with van der Waals surface area (Å²) in [6.45, 7) is 1.72. The van der Waals surface area contributed by atoms with Gasteiger partial charge in [-0.1, -0.05) is 0 Å². The molecule has 0 spiro atoms. The van der Waals surface area contributed by atoms with Gasteiger partial charge in [0.15, 0.2) is 0 Å². The molecule has 1 aromatic carbocycles. The van der Waals surface area contributed by atoms with Gasteiger partial charge < -0.3 is 29.8 Å². The number of nitrogen functional groups attached to an aromatic ring is 1. The lowest BCUT2D eigenvalue weighted by Gasteiger charge is -2.09. The van der Waals surface area contributed by atoms with Gasteiger partial charge in [0.25, 0.3) is 0 Å². The predicted molar refractivity (Wildman–Crippen MR) is 76.8 cm³/mol. The van der Waals surface area contributed by atoms with E-state index in [1.165, 1.54) is 0 Å². The summed E-state index contributed by atoms with van der Waals surface area (Å²) < 4.78 is 20.9. The number of carbonyl (C=O) groups is 1. The highest BCUT2D eigenvalue weighted by atomic mass is 16.5. The summed E-state index contributed by atoms with van der Waals surface area (Å²) in [6.07, 6.45) is 0.000370. The molecule has 0 radical (unpaired) electrons. The zero-order valence-electron chi connectivity index (χ0n) is 12.0. The largest absolute Gasteiger partial charge is 0.497 e. The molecule has 0 saturated carbocycles. The van der Waals surface area contributed by atoms with E-state index in [-0.39, 0.29) is 13.0 Å². The van der Waals surface area contributed by atoms with Gasteiger partial charge in [0, 0.05) is 23.9 Å². The number of hydrogen-bond donors (Lipinski definition) is 2. The second kappa shape index (κ2) is 9.84. The fourth-order valence-electron chi connectivity index (χ4n) is 1.49. The summed E-state index contributed by atoms with van der Waals surface area (Å²) in [6, 6.07) is 5.15. The van der Waals surface area contributed by atoms with Crippen molar-refractivity contribution in [3.8, 4) is 11.5 Å². The third-order valence-corrected chi connectivity index (χ3v) is 2.47. The Balaban J connectivity index is 2.06. The normalized spacial score (nSPS) is 10.3. The van der Waals surface area contributed by atoms with Crippen LogP contribution in [-0.2, 0) is 14.3 Å². The number of rotatable bonds is 11. The van der Waals surface area contributed by atoms with Crippen LogP contribution in [0.15, 0.2) is 18.2 Å². The maximum absolute atomic E-state index is 10.2. The van der Waals surface area contributed by atoms with Gasteiger partial charge in [-0.3, -0.25) is 4.79 Å². The van der Waals surface area contributed by atoms with Crippen LogP contribution in [0.1, 0.15) is 6.42 Å². The first-order chi connectivity index (χ1) is 10.1. The molecule has 1 rings (SSSR count). The molecule has 118 valence electrons. The Kier molecular flexibility index (Phi) is 8.00. The molecule has 3 N–H and O–H groups in total. The lowest BCUT2D eigenvalue weighted by Crippen LogP contribution is -2.12. The molecule has 0 bridgehead atoms. The highest BCUT2D eigenvalue weighted by molar-refractivity contribution is 5.66. The van der Waals surface area contributed by atoms with E-state index < -0.39 is 5.97 Å². The summed E-state index contributed by atoms with van der Waals surface area (Å²) in [7, 11) is 1.56. The molecule has 0 heterocycles. The fourth-order valence-corrected chi connectivity index (χ4v) is 1.49. The molecule has 7 nitrogen and oxygen atoms in total. The number of nitrogens with two attached hydrogens (primary N) is 1. The minimum atomic E-state index is -0.873. The first kappa shape index (κ1) is 17.1. The van der Waals surface area contributed by atoms with E-state index in [4.69, 9.17) is 29.8 Å². The average molecular weight is 299 g/mol. The van der Waals surface area contributed by atoms with Crippen LogP contribution in [-0.4, -0.2) is 51.2 Å². The molecular formula is C14H21NO6. The van der Waals surface area contributed by atoms with Crippen LogP contribution in [0.4, 0.5) is 5.69 Å². The van der Waals surface area contributed by atoms with Crippen molar-refractivity contribution in [3.05, 3.63) is 18.2 Å². The molecule has 0 aliphatic rings. The Hall–Kier alpha value is -1.99. The number of carboxylic acid groups (broad SMARTS) is 1. The Morgan fingerprint density at radius 2 is 1.67 bits per heavy atom. The van der Waals surface area contributed by atoms with Crippen molar-refractivity contribution in [2.24, 2.45) is 0 Å². The molecule has 0 unspecified atom stereocenters. The number of methoxy groups -OCH3 is 1. The highest BCUT2D eigenvalue weighted by Gasteiger charge is 2.00. The van der Waals surface area contributed by atoms with Gasteiger partial charge in [0.2, 0.25) is 0 Å². The summed E-state index contributed by atoms with van der Waals surface area (Å²) >= 11 is 0. The van der Waals surface area contributed by atoms with Crippen molar-refractivity contribution in [1.82, 2.24) is 0 Å². The lowest BCUT2D eigenvalue weighted by atomic mass is 10.3. The fraction of sp³-hybridized carbons (Fsp3) is 0.500. The Morgan fingerprint density at radius 3 is 2.33 bits per heavy atom. The zero-order chi connectivity index (χ0) is 15.5. The van der Waals surface area contributed by atoms with Gasteiger partial charge in [-0.15, -0.1) is 0 Å². The van der Waals surface area contributed by atoms with Gasteiger partial charge in [0.05, 0.1) is 40.0 Å². The standard InChI is InChI=1S/C14H21NO6/c1-18-12-8-11(15)9-13(10-12)21-7-6-20-5-4-19-3-2-14(16)17/h8-10H,2-7,15H2,1H3,(H,16,17). The second-order valence-electron chi connectivity index (χ2n) is 4.16. The number of ether oxygens (including phenoxy) is 4. The van der Waals surface area contributed by atoms with E-state index in [0.717, 1.165) is 0 Å². The van der Waals surface area contributed by atoms with Crippen LogP contribution in [0.25, 0.3) is 0 Å². The molecular weight excluding hydrogens is 278 g/mol. The van der Waals surface area contributed by atoms with Gasteiger partial charge in [-0.25, -0.2) is 0 Å². The van der Waals surface area contributed by atoms with Gasteiger partial charge in [0.1, 0.15) is 18.1 Å². The summed E-state index contributed by atoms with van der Waals surface area (Å²) in [4.78, 5) is 10.2. The summed E-state index contributed by atoms with van der Waals surface area (Å²) in [5.41, 5.74) is 6.27. The minimum absolute atomic E-state index is 0.000370. The molecule has 0 amide bonds. The van der Waals surface area contributed by atoms with Crippen LogP contribution >= 0.6 is 0 Å².